The zero-order valence-electron chi connectivity index (χ0n) is 14.9. The van der Waals surface area contributed by atoms with E-state index in [-0.39, 0.29) is 29.8 Å². The lowest BCUT2D eigenvalue weighted by molar-refractivity contribution is -0.118. The van der Waals surface area contributed by atoms with Crippen LogP contribution in [0.1, 0.15) is 36.7 Å². The molecule has 1 amide bonds. The predicted octanol–water partition coefficient (Wildman–Crippen LogP) is 4.35. The van der Waals surface area contributed by atoms with E-state index in [0.717, 1.165) is 11.8 Å². The van der Waals surface area contributed by atoms with E-state index in [1.54, 1.807) is 18.2 Å². The second kappa shape index (κ2) is 8.45. The summed E-state index contributed by atoms with van der Waals surface area (Å²) in [5.41, 5.74) is 0.252. The van der Waals surface area contributed by atoms with Gasteiger partial charge in [-0.05, 0) is 30.7 Å². The summed E-state index contributed by atoms with van der Waals surface area (Å²) in [6.45, 7) is 5.32. The maximum absolute atomic E-state index is 14.0. The van der Waals surface area contributed by atoms with Gasteiger partial charge < -0.3 is 5.32 Å². The average molecular weight is 377 g/mol. The number of thioether (sulfide) groups is 1. The minimum absolute atomic E-state index is 0.0314. The van der Waals surface area contributed by atoms with Crippen LogP contribution >= 0.6 is 11.8 Å². The molecule has 0 bridgehead atoms. The maximum atomic E-state index is 14.0. The molecule has 0 saturated carbocycles. The van der Waals surface area contributed by atoms with Crippen LogP contribution in [0.25, 0.3) is 0 Å². The Balaban J connectivity index is 1.91. The van der Waals surface area contributed by atoms with Gasteiger partial charge in [0, 0.05) is 22.4 Å². The summed E-state index contributed by atoms with van der Waals surface area (Å²) >= 11 is 1.05. The van der Waals surface area contributed by atoms with Crippen molar-refractivity contribution in [3.05, 3.63) is 65.2 Å². The van der Waals surface area contributed by atoms with Crippen molar-refractivity contribution in [2.75, 3.05) is 12.3 Å². The number of carbonyl (C=O) groups is 2. The quantitative estimate of drug-likeness (QED) is 0.576. The van der Waals surface area contributed by atoms with Crippen LogP contribution in [-0.4, -0.2) is 24.0 Å². The SMILES string of the molecule is CC(=O)c1ccc(SCC(=O)NCC(C)(C)c2ccccc2F)c(F)c1. The first-order chi connectivity index (χ1) is 12.2. The van der Waals surface area contributed by atoms with Gasteiger partial charge in [0.05, 0.1) is 5.75 Å². The highest BCUT2D eigenvalue weighted by Crippen LogP contribution is 2.25. The fraction of sp³-hybridized carbons (Fsp3) is 0.300. The number of amides is 1. The molecule has 0 heterocycles. The number of nitrogens with one attached hydrogen (secondary N) is 1. The molecular weight excluding hydrogens is 356 g/mol. The van der Waals surface area contributed by atoms with E-state index >= 15 is 0 Å². The van der Waals surface area contributed by atoms with E-state index in [9.17, 15) is 18.4 Å². The van der Waals surface area contributed by atoms with Gasteiger partial charge in [0.2, 0.25) is 5.91 Å². The van der Waals surface area contributed by atoms with E-state index in [2.05, 4.69) is 5.32 Å². The van der Waals surface area contributed by atoms with Crippen molar-refractivity contribution in [1.29, 1.82) is 0 Å². The number of carbonyl (C=O) groups excluding carboxylic acids is 2. The molecule has 0 atom stereocenters. The van der Waals surface area contributed by atoms with E-state index in [1.165, 1.54) is 31.2 Å². The van der Waals surface area contributed by atoms with Gasteiger partial charge in [-0.1, -0.05) is 38.1 Å². The summed E-state index contributed by atoms with van der Waals surface area (Å²) in [5.74, 6) is -1.29. The van der Waals surface area contributed by atoms with Gasteiger partial charge in [0.1, 0.15) is 11.6 Å². The summed E-state index contributed by atoms with van der Waals surface area (Å²) in [6, 6.07) is 10.7. The van der Waals surface area contributed by atoms with Crippen molar-refractivity contribution in [3.8, 4) is 0 Å². The van der Waals surface area contributed by atoms with Gasteiger partial charge in [-0.3, -0.25) is 9.59 Å². The lowest BCUT2D eigenvalue weighted by Gasteiger charge is -2.26. The van der Waals surface area contributed by atoms with Gasteiger partial charge in [0.15, 0.2) is 5.78 Å². The van der Waals surface area contributed by atoms with Crippen molar-refractivity contribution in [1.82, 2.24) is 5.32 Å². The standard InChI is InChI=1S/C20H21F2NO2S/c1-13(24)14-8-9-18(17(22)10-14)26-11-19(25)23-12-20(2,3)15-6-4-5-7-16(15)21/h4-10H,11-12H2,1-3H3,(H,23,25). The lowest BCUT2D eigenvalue weighted by Crippen LogP contribution is -2.38. The van der Waals surface area contributed by atoms with E-state index in [0.29, 0.717) is 16.0 Å². The Morgan fingerprint density at radius 2 is 1.77 bits per heavy atom. The molecule has 2 aromatic carbocycles. The molecule has 0 fully saturated rings. The molecule has 0 aromatic heterocycles. The molecule has 26 heavy (non-hydrogen) atoms. The third-order valence-corrected chi connectivity index (χ3v) is 5.08. The van der Waals surface area contributed by atoms with Crippen LogP contribution in [0.4, 0.5) is 8.78 Å². The largest absolute Gasteiger partial charge is 0.355 e. The van der Waals surface area contributed by atoms with Crippen molar-refractivity contribution in [2.45, 2.75) is 31.1 Å². The second-order valence-corrected chi connectivity index (χ2v) is 7.65. The van der Waals surface area contributed by atoms with Gasteiger partial charge in [-0.2, -0.15) is 0 Å². The Hall–Kier alpha value is -2.21. The Kier molecular flexibility index (Phi) is 6.53. The first-order valence-corrected chi connectivity index (χ1v) is 9.14. The Morgan fingerprint density at radius 3 is 2.38 bits per heavy atom. The molecule has 0 unspecified atom stereocenters. The monoisotopic (exact) mass is 377 g/mol. The Bertz CT molecular complexity index is 821. The highest BCUT2D eigenvalue weighted by Gasteiger charge is 2.24. The molecule has 0 spiro atoms. The number of hydrogen-bond acceptors (Lipinski definition) is 3. The van der Waals surface area contributed by atoms with Crippen LogP contribution in [-0.2, 0) is 10.2 Å². The zero-order valence-corrected chi connectivity index (χ0v) is 15.8. The smallest absolute Gasteiger partial charge is 0.230 e. The number of halogens is 2. The van der Waals surface area contributed by atoms with Gasteiger partial charge in [-0.25, -0.2) is 8.78 Å². The third kappa shape index (κ3) is 5.14. The fourth-order valence-electron chi connectivity index (χ4n) is 2.46. The van der Waals surface area contributed by atoms with Gasteiger partial charge >= 0.3 is 0 Å². The van der Waals surface area contributed by atoms with Gasteiger partial charge in [-0.15, -0.1) is 11.8 Å². The van der Waals surface area contributed by atoms with Crippen LogP contribution in [0.3, 0.4) is 0 Å². The van der Waals surface area contributed by atoms with Crippen molar-refractivity contribution in [2.24, 2.45) is 0 Å². The topological polar surface area (TPSA) is 46.2 Å². The van der Waals surface area contributed by atoms with Crippen LogP contribution in [0.2, 0.25) is 0 Å². The number of benzene rings is 2. The first kappa shape index (κ1) is 20.1. The normalized spacial score (nSPS) is 11.3. The second-order valence-electron chi connectivity index (χ2n) is 6.63. The fourth-order valence-corrected chi connectivity index (χ4v) is 3.21. The minimum Gasteiger partial charge on any atom is -0.355 e. The van der Waals surface area contributed by atoms with Crippen LogP contribution in [0.5, 0.6) is 0 Å². The maximum Gasteiger partial charge on any atom is 0.230 e. The number of hydrogen-bond donors (Lipinski definition) is 1. The summed E-state index contributed by atoms with van der Waals surface area (Å²) in [7, 11) is 0. The molecule has 3 nitrogen and oxygen atoms in total. The van der Waals surface area contributed by atoms with Crippen molar-refractivity contribution >= 4 is 23.5 Å². The van der Waals surface area contributed by atoms with E-state index in [4.69, 9.17) is 0 Å². The summed E-state index contributed by atoms with van der Waals surface area (Å²) < 4.78 is 27.9. The average Bonchev–Trinajstić information content (AvgIpc) is 2.59. The molecule has 6 heteroatoms. The molecule has 0 saturated heterocycles. The molecule has 0 aliphatic heterocycles. The molecule has 2 aromatic rings. The number of Topliss-reactive ketones (excluding diaryl/α,β-unsaturated/α-hetero) is 1. The molecule has 0 aliphatic rings. The Labute approximate surface area is 156 Å². The molecule has 2 rings (SSSR count). The van der Waals surface area contributed by atoms with Crippen molar-refractivity contribution in [3.63, 3.8) is 0 Å². The summed E-state index contributed by atoms with van der Waals surface area (Å²) in [5, 5.41) is 2.76. The molecule has 0 radical (unpaired) electrons. The minimum atomic E-state index is -0.569. The zero-order chi connectivity index (χ0) is 19.3. The number of rotatable bonds is 7. The summed E-state index contributed by atoms with van der Waals surface area (Å²) in [6.07, 6.45) is 0. The van der Waals surface area contributed by atoms with E-state index in [1.807, 2.05) is 13.8 Å². The highest BCUT2D eigenvalue weighted by atomic mass is 32.2. The molecular formula is C20H21F2NO2S. The van der Waals surface area contributed by atoms with Gasteiger partial charge in [0.25, 0.3) is 0 Å². The van der Waals surface area contributed by atoms with Crippen LogP contribution < -0.4 is 5.32 Å². The van der Waals surface area contributed by atoms with Crippen LogP contribution in [0, 0.1) is 11.6 Å². The number of ketones is 1. The van der Waals surface area contributed by atoms with Crippen molar-refractivity contribution < 1.29 is 18.4 Å². The predicted molar refractivity (Wildman–Crippen MR) is 99.6 cm³/mol. The lowest BCUT2D eigenvalue weighted by atomic mass is 9.84. The Morgan fingerprint density at radius 1 is 1.08 bits per heavy atom. The third-order valence-electron chi connectivity index (χ3n) is 4.03. The summed E-state index contributed by atoms with van der Waals surface area (Å²) in [4.78, 5) is 23.6. The van der Waals surface area contributed by atoms with Crippen LogP contribution in [0.15, 0.2) is 47.4 Å². The highest BCUT2D eigenvalue weighted by molar-refractivity contribution is 8.00. The molecule has 1 N–H and O–H groups in total. The molecule has 0 aliphatic carbocycles. The molecule has 138 valence electrons. The van der Waals surface area contributed by atoms with E-state index < -0.39 is 11.2 Å². The first-order valence-electron chi connectivity index (χ1n) is 8.16.